The molecule has 0 radical (unpaired) electrons. The van der Waals surface area contributed by atoms with Crippen molar-refractivity contribution in [1.82, 2.24) is 14.8 Å². The molecule has 13 heteroatoms. The van der Waals surface area contributed by atoms with Crippen molar-refractivity contribution in [2.24, 2.45) is 5.73 Å². The van der Waals surface area contributed by atoms with Crippen LogP contribution in [0.5, 0.6) is 0 Å². The van der Waals surface area contributed by atoms with E-state index < -0.39 is 64.7 Å². The highest BCUT2D eigenvalue weighted by molar-refractivity contribution is 5.94. The largest absolute Gasteiger partial charge is 0.425 e. The molecule has 2 heterocycles. The van der Waals surface area contributed by atoms with Crippen LogP contribution in [0.3, 0.4) is 0 Å². The van der Waals surface area contributed by atoms with Gasteiger partial charge >= 0.3 is 6.18 Å². The zero-order valence-corrected chi connectivity index (χ0v) is 21.8. The molecule has 4 rings (SSSR count). The summed E-state index contributed by atoms with van der Waals surface area (Å²) < 4.78 is 83.2. The summed E-state index contributed by atoms with van der Waals surface area (Å²) in [5.74, 6) is -5.09. The number of pyridine rings is 1. The van der Waals surface area contributed by atoms with Crippen LogP contribution in [-0.2, 0) is 23.9 Å². The molecule has 0 aliphatic carbocycles. The molecule has 0 unspecified atom stereocenters. The Morgan fingerprint density at radius 1 is 1.07 bits per heavy atom. The van der Waals surface area contributed by atoms with Crippen LogP contribution < -0.4 is 5.73 Å². The van der Waals surface area contributed by atoms with Gasteiger partial charge in [-0.3, -0.25) is 19.3 Å². The Kier molecular flexibility index (Phi) is 8.46. The van der Waals surface area contributed by atoms with E-state index >= 15 is 0 Å². The highest BCUT2D eigenvalue weighted by Crippen LogP contribution is 2.38. The monoisotopic (exact) mass is 585 g/mol. The van der Waals surface area contributed by atoms with Crippen molar-refractivity contribution in [3.8, 4) is 11.1 Å². The highest BCUT2D eigenvalue weighted by Gasteiger charge is 2.39. The van der Waals surface area contributed by atoms with Crippen LogP contribution in [0.4, 0.5) is 32.0 Å². The van der Waals surface area contributed by atoms with E-state index in [4.69, 9.17) is 12.3 Å². The molecule has 0 bridgehead atoms. The summed E-state index contributed by atoms with van der Waals surface area (Å²) in [6.45, 7) is 7.72. The Morgan fingerprint density at radius 3 is 2.36 bits per heavy atom. The van der Waals surface area contributed by atoms with Gasteiger partial charge in [0.25, 0.3) is 5.91 Å². The summed E-state index contributed by atoms with van der Waals surface area (Å²) in [6, 6.07) is 9.54. The summed E-state index contributed by atoms with van der Waals surface area (Å²) in [7, 11) is 0. The molecule has 1 amide bonds. The van der Waals surface area contributed by atoms with Gasteiger partial charge in [0.2, 0.25) is 5.69 Å². The lowest BCUT2D eigenvalue weighted by atomic mass is 9.86. The molecule has 2 aromatic carbocycles. The van der Waals surface area contributed by atoms with Gasteiger partial charge in [-0.25, -0.2) is 18.0 Å². The number of amides is 1. The number of aromatic nitrogens is 3. The van der Waals surface area contributed by atoms with Gasteiger partial charge in [0.1, 0.15) is 17.5 Å². The van der Waals surface area contributed by atoms with Gasteiger partial charge in [-0.1, -0.05) is 12.1 Å². The average molecular weight is 586 g/mol. The minimum Gasteiger partial charge on any atom is -0.366 e. The minimum atomic E-state index is -4.91. The second-order valence-electron chi connectivity index (χ2n) is 9.47. The number of nitrogens with two attached hydrogens (primary N) is 1. The third-order valence-corrected chi connectivity index (χ3v) is 6.53. The fourth-order valence-electron chi connectivity index (χ4n) is 4.67. The van der Waals surface area contributed by atoms with E-state index in [0.29, 0.717) is 17.2 Å². The molecule has 0 saturated heterocycles. The van der Waals surface area contributed by atoms with Crippen LogP contribution >= 0.6 is 0 Å². The van der Waals surface area contributed by atoms with Crippen molar-refractivity contribution >= 4 is 17.4 Å². The average Bonchev–Trinajstić information content (AvgIpc) is 3.23. The first-order valence-electron chi connectivity index (χ1n) is 12.3. The standard InChI is InChI=1S/C29H21F6N5O2/c1-15-25(37-2)27(29(33,34)35)39-40(15)14-21(41)11-18(8-16-9-19(30)13-20(31)10-16)26-22(4-3-7-38-26)17-5-6-24(32)23(12-17)28(36)42/h3-7,9-10,12-13,18H,8,11,14H2,1H3,(H2,36,42)/t18-/m1/s1. The van der Waals surface area contributed by atoms with Gasteiger partial charge in [0, 0.05) is 35.9 Å². The second kappa shape index (κ2) is 11.9. The Bertz CT molecular complexity index is 1700. The number of nitrogens with zero attached hydrogens (tertiary/aromatic N) is 4. The van der Waals surface area contributed by atoms with E-state index in [9.17, 15) is 35.9 Å². The number of benzene rings is 2. The van der Waals surface area contributed by atoms with Gasteiger partial charge in [0.15, 0.2) is 11.5 Å². The highest BCUT2D eigenvalue weighted by atomic mass is 19.4. The fraction of sp³-hybridized carbons (Fsp3) is 0.207. The quantitative estimate of drug-likeness (QED) is 0.184. The molecule has 7 nitrogen and oxygen atoms in total. The maximum absolute atomic E-state index is 14.2. The lowest BCUT2D eigenvalue weighted by molar-refractivity contribution is -0.141. The zero-order chi connectivity index (χ0) is 30.8. The second-order valence-corrected chi connectivity index (χ2v) is 9.47. The van der Waals surface area contributed by atoms with Crippen LogP contribution in [0.1, 0.15) is 45.3 Å². The van der Waals surface area contributed by atoms with Crippen molar-refractivity contribution in [2.45, 2.75) is 38.4 Å². The van der Waals surface area contributed by atoms with Crippen molar-refractivity contribution in [2.75, 3.05) is 0 Å². The van der Waals surface area contributed by atoms with Crippen molar-refractivity contribution in [3.63, 3.8) is 0 Å². The molecular weight excluding hydrogens is 564 g/mol. The maximum atomic E-state index is 14.2. The smallest absolute Gasteiger partial charge is 0.366 e. The van der Waals surface area contributed by atoms with Gasteiger partial charge in [-0.15, -0.1) is 0 Å². The summed E-state index contributed by atoms with van der Waals surface area (Å²) in [4.78, 5) is 32.3. The number of ketones is 1. The lowest BCUT2D eigenvalue weighted by Gasteiger charge is -2.20. The van der Waals surface area contributed by atoms with E-state index in [-0.39, 0.29) is 29.8 Å². The molecular formula is C29H21F6N5O2. The van der Waals surface area contributed by atoms with E-state index in [2.05, 4.69) is 14.9 Å². The molecule has 4 aromatic rings. The number of rotatable bonds is 9. The van der Waals surface area contributed by atoms with Gasteiger partial charge in [-0.2, -0.15) is 18.3 Å². The predicted molar refractivity (Wildman–Crippen MR) is 139 cm³/mol. The number of hydrogen-bond donors (Lipinski definition) is 1. The number of Topliss-reactive ketones (excluding diaryl/α,β-unsaturated/α-hetero) is 1. The topological polar surface area (TPSA) is 95.2 Å². The number of primary amides is 1. The third kappa shape index (κ3) is 6.49. The van der Waals surface area contributed by atoms with Gasteiger partial charge in [-0.05, 0) is 54.8 Å². The fourth-order valence-corrected chi connectivity index (χ4v) is 4.67. The number of hydrogen-bond acceptors (Lipinski definition) is 4. The Balaban J connectivity index is 1.75. The van der Waals surface area contributed by atoms with Crippen LogP contribution in [0.15, 0.2) is 54.7 Å². The Morgan fingerprint density at radius 2 is 1.76 bits per heavy atom. The number of alkyl halides is 3. The summed E-state index contributed by atoms with van der Waals surface area (Å²) in [5.41, 5.74) is 3.68. The first-order chi connectivity index (χ1) is 19.8. The SMILES string of the molecule is [C-]#[N+]c1c(C(F)(F)F)nn(CC(=O)C[C@@H](Cc2cc(F)cc(F)c2)c2ncccc2-c2ccc(F)c(C(N)=O)c2)c1C. The molecule has 0 aliphatic heterocycles. The first-order valence-corrected chi connectivity index (χ1v) is 12.3. The summed E-state index contributed by atoms with van der Waals surface area (Å²) in [6.07, 6.45) is -3.99. The minimum absolute atomic E-state index is 0.118. The maximum Gasteiger partial charge on any atom is 0.425 e. The van der Waals surface area contributed by atoms with E-state index in [0.717, 1.165) is 22.9 Å². The molecule has 0 saturated carbocycles. The van der Waals surface area contributed by atoms with Crippen molar-refractivity contribution < 1.29 is 35.9 Å². The Labute approximate surface area is 235 Å². The molecule has 2 aromatic heterocycles. The first kappa shape index (κ1) is 30.0. The molecule has 2 N–H and O–H groups in total. The van der Waals surface area contributed by atoms with E-state index in [1.165, 1.54) is 25.3 Å². The molecule has 0 fully saturated rings. The third-order valence-electron chi connectivity index (χ3n) is 6.53. The molecule has 42 heavy (non-hydrogen) atoms. The Hall–Kier alpha value is -4.99. The van der Waals surface area contributed by atoms with Crippen molar-refractivity contribution in [3.05, 3.63) is 112 Å². The zero-order valence-electron chi connectivity index (χ0n) is 21.8. The molecule has 0 spiro atoms. The van der Waals surface area contributed by atoms with E-state index in [1.54, 1.807) is 12.1 Å². The van der Waals surface area contributed by atoms with Crippen molar-refractivity contribution in [1.29, 1.82) is 0 Å². The number of carbonyl (C=O) groups excluding carboxylic acids is 2. The summed E-state index contributed by atoms with van der Waals surface area (Å²) >= 11 is 0. The normalized spacial score (nSPS) is 12.1. The number of carbonyl (C=O) groups is 2. The van der Waals surface area contributed by atoms with Crippen LogP contribution in [-0.4, -0.2) is 26.5 Å². The predicted octanol–water partition coefficient (Wildman–Crippen LogP) is 6.33. The molecule has 216 valence electrons. The van der Waals surface area contributed by atoms with Crippen LogP contribution in [0.2, 0.25) is 0 Å². The summed E-state index contributed by atoms with van der Waals surface area (Å²) in [5, 5.41) is 3.44. The van der Waals surface area contributed by atoms with Gasteiger partial charge < -0.3 is 5.73 Å². The number of halogens is 6. The van der Waals surface area contributed by atoms with Crippen LogP contribution in [0.25, 0.3) is 16.0 Å². The van der Waals surface area contributed by atoms with E-state index in [1.807, 2.05) is 0 Å². The van der Waals surface area contributed by atoms with Crippen LogP contribution in [0, 0.1) is 30.9 Å². The van der Waals surface area contributed by atoms with Gasteiger partial charge in [0.05, 0.1) is 24.4 Å². The molecule has 1 atom stereocenters. The lowest BCUT2D eigenvalue weighted by Crippen LogP contribution is -2.19. The molecule has 0 aliphatic rings.